The Morgan fingerprint density at radius 1 is 1.37 bits per heavy atom. The van der Waals surface area contributed by atoms with Gasteiger partial charge in [0.05, 0.1) is 6.61 Å². The minimum Gasteiger partial charge on any atom is -0.380 e. The predicted molar refractivity (Wildman–Crippen MR) is 83.5 cm³/mol. The molecule has 1 aromatic carbocycles. The molecule has 0 spiro atoms. The van der Waals surface area contributed by atoms with E-state index in [1.807, 2.05) is 0 Å². The fraction of sp³-hybridized carbons (Fsp3) is 0.625. The molecule has 0 amide bonds. The molecule has 106 valence electrons. The van der Waals surface area contributed by atoms with Crippen LogP contribution in [0.4, 0.5) is 0 Å². The molecule has 2 rings (SSSR count). The molecule has 1 N–H and O–H groups in total. The summed E-state index contributed by atoms with van der Waals surface area (Å²) in [6.07, 6.45) is 1.28. The van der Waals surface area contributed by atoms with Crippen molar-refractivity contribution in [3.05, 3.63) is 35.4 Å². The molecule has 1 heterocycles. The summed E-state index contributed by atoms with van der Waals surface area (Å²) in [5.41, 5.74) is 3.07. The number of hydrogen-bond acceptors (Lipinski definition) is 3. The van der Waals surface area contributed by atoms with Crippen LogP contribution in [-0.2, 0) is 17.9 Å². The smallest absolute Gasteiger partial charge is 0.0713 e. The van der Waals surface area contributed by atoms with Crippen LogP contribution < -0.4 is 5.32 Å². The molecule has 1 aliphatic heterocycles. The van der Waals surface area contributed by atoms with Crippen LogP contribution in [0.3, 0.4) is 0 Å². The molecule has 0 aliphatic carbocycles. The molecule has 0 aromatic heterocycles. The third-order valence-electron chi connectivity index (χ3n) is 3.51. The molecule has 1 aromatic rings. The summed E-state index contributed by atoms with van der Waals surface area (Å²) in [6, 6.07) is 9.29. The number of methoxy groups -OCH3 is 1. The van der Waals surface area contributed by atoms with E-state index >= 15 is 0 Å². The molecule has 0 bridgehead atoms. The van der Waals surface area contributed by atoms with Gasteiger partial charge < -0.3 is 10.1 Å². The topological polar surface area (TPSA) is 21.3 Å². The van der Waals surface area contributed by atoms with E-state index in [2.05, 4.69) is 55.2 Å². The van der Waals surface area contributed by atoms with Gasteiger partial charge in [0.2, 0.25) is 0 Å². The lowest BCUT2D eigenvalue weighted by atomic mass is 9.88. The van der Waals surface area contributed by atoms with Crippen molar-refractivity contribution in [2.45, 2.75) is 39.5 Å². The second-order valence-electron chi connectivity index (χ2n) is 6.21. The van der Waals surface area contributed by atoms with E-state index in [1.165, 1.54) is 29.1 Å². The maximum atomic E-state index is 5.18. The highest BCUT2D eigenvalue weighted by Crippen LogP contribution is 2.33. The highest BCUT2D eigenvalue weighted by molar-refractivity contribution is 7.99. The van der Waals surface area contributed by atoms with Crippen LogP contribution >= 0.6 is 11.8 Å². The lowest BCUT2D eigenvalue weighted by Crippen LogP contribution is -2.39. The van der Waals surface area contributed by atoms with Gasteiger partial charge in [-0.1, -0.05) is 38.1 Å². The summed E-state index contributed by atoms with van der Waals surface area (Å²) >= 11 is 2.07. The molecule has 0 radical (unpaired) electrons. The van der Waals surface area contributed by atoms with Gasteiger partial charge >= 0.3 is 0 Å². The molecule has 1 aliphatic rings. The molecule has 1 saturated heterocycles. The van der Waals surface area contributed by atoms with Gasteiger partial charge in [-0.05, 0) is 28.7 Å². The van der Waals surface area contributed by atoms with Crippen molar-refractivity contribution >= 4 is 11.8 Å². The Balaban J connectivity index is 1.86. The van der Waals surface area contributed by atoms with Crippen molar-refractivity contribution in [1.29, 1.82) is 0 Å². The summed E-state index contributed by atoms with van der Waals surface area (Å²) in [4.78, 5) is 0. The second-order valence-corrected chi connectivity index (χ2v) is 7.24. The van der Waals surface area contributed by atoms with Crippen molar-refractivity contribution in [2.24, 2.45) is 5.41 Å². The average molecular weight is 279 g/mol. The van der Waals surface area contributed by atoms with E-state index in [1.54, 1.807) is 7.11 Å². The summed E-state index contributed by atoms with van der Waals surface area (Å²) in [5.74, 6) is 2.52. The first-order valence-electron chi connectivity index (χ1n) is 6.97. The largest absolute Gasteiger partial charge is 0.380 e. The van der Waals surface area contributed by atoms with E-state index in [4.69, 9.17) is 4.74 Å². The van der Waals surface area contributed by atoms with E-state index in [0.29, 0.717) is 18.1 Å². The number of hydrogen-bond donors (Lipinski definition) is 1. The number of rotatable bonds is 5. The first-order chi connectivity index (χ1) is 9.09. The molecule has 19 heavy (non-hydrogen) atoms. The summed E-state index contributed by atoms with van der Waals surface area (Å²) in [5, 5.41) is 3.70. The molecular formula is C16H25NOS. The van der Waals surface area contributed by atoms with Crippen molar-refractivity contribution in [3.8, 4) is 0 Å². The van der Waals surface area contributed by atoms with Crippen LogP contribution in [0.25, 0.3) is 0 Å². The maximum absolute atomic E-state index is 5.18. The van der Waals surface area contributed by atoms with Gasteiger partial charge in [0.25, 0.3) is 0 Å². The minimum absolute atomic E-state index is 0.471. The first-order valence-corrected chi connectivity index (χ1v) is 8.12. The van der Waals surface area contributed by atoms with E-state index in [0.717, 1.165) is 6.54 Å². The Kier molecular flexibility index (Phi) is 5.31. The highest BCUT2D eigenvalue weighted by Gasteiger charge is 2.27. The zero-order valence-electron chi connectivity index (χ0n) is 12.2. The Morgan fingerprint density at radius 2 is 2.16 bits per heavy atom. The lowest BCUT2D eigenvalue weighted by molar-refractivity contribution is 0.185. The van der Waals surface area contributed by atoms with E-state index < -0.39 is 0 Å². The fourth-order valence-electron chi connectivity index (χ4n) is 2.65. The van der Waals surface area contributed by atoms with Crippen LogP contribution in [-0.4, -0.2) is 24.7 Å². The molecule has 1 unspecified atom stereocenters. The summed E-state index contributed by atoms with van der Waals surface area (Å²) < 4.78 is 5.18. The monoisotopic (exact) mass is 279 g/mol. The van der Waals surface area contributed by atoms with Crippen LogP contribution in [0, 0.1) is 5.41 Å². The number of ether oxygens (including phenoxy) is 1. The standard InChI is InChI=1S/C16H25NOS/c1-16(2)8-15(11-19-12-16)17-9-13-5-4-6-14(7-13)10-18-3/h4-7,15,17H,8-12H2,1-3H3. The average Bonchev–Trinajstić information content (AvgIpc) is 2.36. The third-order valence-corrected chi connectivity index (χ3v) is 5.13. The Bertz CT molecular complexity index is 405. The summed E-state index contributed by atoms with van der Waals surface area (Å²) in [6.45, 7) is 6.39. The zero-order valence-corrected chi connectivity index (χ0v) is 13.1. The first kappa shape index (κ1) is 14.9. The lowest BCUT2D eigenvalue weighted by Gasteiger charge is -2.35. The fourth-order valence-corrected chi connectivity index (χ4v) is 3.96. The minimum atomic E-state index is 0.471. The van der Waals surface area contributed by atoms with Crippen LogP contribution in [0.1, 0.15) is 31.4 Å². The number of thioether (sulfide) groups is 1. The third kappa shape index (κ3) is 4.83. The Hall–Kier alpha value is -0.510. The highest BCUT2D eigenvalue weighted by atomic mass is 32.2. The van der Waals surface area contributed by atoms with Crippen molar-refractivity contribution in [2.75, 3.05) is 18.6 Å². The Morgan fingerprint density at radius 3 is 2.89 bits per heavy atom. The van der Waals surface area contributed by atoms with Crippen molar-refractivity contribution < 1.29 is 4.74 Å². The molecule has 1 fully saturated rings. The molecule has 3 heteroatoms. The predicted octanol–water partition coefficient (Wildman–Crippen LogP) is 3.45. The van der Waals surface area contributed by atoms with Gasteiger partial charge in [-0.15, -0.1) is 0 Å². The maximum Gasteiger partial charge on any atom is 0.0713 e. The van der Waals surface area contributed by atoms with Crippen LogP contribution in [0.15, 0.2) is 24.3 Å². The second kappa shape index (κ2) is 6.78. The molecular weight excluding hydrogens is 254 g/mol. The molecule has 0 saturated carbocycles. The van der Waals surface area contributed by atoms with Crippen molar-refractivity contribution in [1.82, 2.24) is 5.32 Å². The Labute approximate surface area is 121 Å². The number of benzene rings is 1. The molecule has 2 nitrogen and oxygen atoms in total. The van der Waals surface area contributed by atoms with E-state index in [-0.39, 0.29) is 0 Å². The SMILES string of the molecule is COCc1cccc(CNC2CSCC(C)(C)C2)c1. The number of nitrogens with one attached hydrogen (secondary N) is 1. The van der Waals surface area contributed by atoms with Gasteiger partial charge in [-0.2, -0.15) is 11.8 Å². The summed E-state index contributed by atoms with van der Waals surface area (Å²) in [7, 11) is 1.74. The van der Waals surface area contributed by atoms with Crippen molar-refractivity contribution in [3.63, 3.8) is 0 Å². The van der Waals surface area contributed by atoms with Gasteiger partial charge in [0.15, 0.2) is 0 Å². The molecule has 1 atom stereocenters. The normalized spacial score (nSPS) is 22.4. The van der Waals surface area contributed by atoms with Gasteiger partial charge in [-0.3, -0.25) is 0 Å². The van der Waals surface area contributed by atoms with Gasteiger partial charge in [0, 0.05) is 25.4 Å². The van der Waals surface area contributed by atoms with E-state index in [9.17, 15) is 0 Å². The van der Waals surface area contributed by atoms with Gasteiger partial charge in [-0.25, -0.2) is 0 Å². The quantitative estimate of drug-likeness (QED) is 0.892. The van der Waals surface area contributed by atoms with Crippen LogP contribution in [0.5, 0.6) is 0 Å². The zero-order chi connectivity index (χ0) is 13.7. The van der Waals surface area contributed by atoms with Crippen LogP contribution in [0.2, 0.25) is 0 Å². The van der Waals surface area contributed by atoms with Gasteiger partial charge in [0.1, 0.15) is 0 Å².